The zero-order valence-corrected chi connectivity index (χ0v) is 4.65. The van der Waals surface area contributed by atoms with Crippen LogP contribution in [0.3, 0.4) is 0 Å². The van der Waals surface area contributed by atoms with Crippen LogP contribution in [0.5, 0.6) is 0 Å². The molecule has 0 unspecified atom stereocenters. The molecule has 29 valence electrons. The van der Waals surface area contributed by atoms with Gasteiger partial charge in [-0.15, -0.1) is 0 Å². The second-order valence-electron chi connectivity index (χ2n) is 0.150. The minimum atomic E-state index is -2.38. The first kappa shape index (κ1) is 5.00. The van der Waals surface area contributed by atoms with Crippen LogP contribution in [0.1, 0.15) is 0 Å². The average molecular weight is 190 g/mol. The molecule has 0 fully saturated rings. The standard InChI is InChI=1S/2ClH.O.Rh/h2*1H;;/q;;;+2/p-2. The molecular weight excluding hydrogens is 190 g/mol. The normalized spacial score (nSPS) is 11.0. The number of hydrogen-bond donors (Lipinski definition) is 0. The van der Waals surface area contributed by atoms with Crippen molar-refractivity contribution < 1.29 is 17.5 Å². The average Bonchev–Trinajstić information content (AvgIpc) is 0.811. The summed E-state index contributed by atoms with van der Waals surface area (Å²) in [7, 11) is 9.23. The Hall–Kier alpha value is 1.00. The molecular formula is Cl2ORh. The number of hydrogen-bond acceptors (Lipinski definition) is 1. The molecule has 0 amide bonds. The van der Waals surface area contributed by atoms with E-state index in [1.807, 2.05) is 0 Å². The molecule has 0 spiro atoms. The van der Waals surface area contributed by atoms with Crippen LogP contribution in [0.4, 0.5) is 0 Å². The number of rotatable bonds is 0. The summed E-state index contributed by atoms with van der Waals surface area (Å²) in [4.78, 5) is 0. The molecule has 0 radical (unpaired) electrons. The molecule has 0 aliphatic carbocycles. The van der Waals surface area contributed by atoms with Gasteiger partial charge in [0.1, 0.15) is 0 Å². The van der Waals surface area contributed by atoms with Crippen molar-refractivity contribution in [1.82, 2.24) is 0 Å². The Balaban J connectivity index is 2.80. The summed E-state index contributed by atoms with van der Waals surface area (Å²) < 4.78 is 9.19. The van der Waals surface area contributed by atoms with Crippen LogP contribution in [-0.2, 0) is 17.5 Å². The summed E-state index contributed by atoms with van der Waals surface area (Å²) in [5.74, 6) is 0. The maximum atomic E-state index is 9.19. The Morgan fingerprint density at radius 1 is 1.50 bits per heavy atom. The summed E-state index contributed by atoms with van der Waals surface area (Å²) in [6, 6.07) is 0. The quantitative estimate of drug-likeness (QED) is 0.525. The van der Waals surface area contributed by atoms with Gasteiger partial charge in [-0.25, -0.2) is 0 Å². The van der Waals surface area contributed by atoms with Crippen LogP contribution in [0.2, 0.25) is 0 Å². The third kappa shape index (κ3) is 12.0. The zero-order valence-electron chi connectivity index (χ0n) is 1.50. The minimum absolute atomic E-state index is 2.38. The van der Waals surface area contributed by atoms with Crippen molar-refractivity contribution in [3.8, 4) is 0 Å². The third-order valence-corrected chi connectivity index (χ3v) is 0. The molecule has 0 N–H and O–H groups in total. The van der Waals surface area contributed by atoms with E-state index >= 15 is 0 Å². The molecule has 4 heavy (non-hydrogen) atoms. The van der Waals surface area contributed by atoms with Crippen molar-refractivity contribution in [2.45, 2.75) is 0 Å². The van der Waals surface area contributed by atoms with Gasteiger partial charge >= 0.3 is 36.9 Å². The molecule has 0 aromatic carbocycles. The van der Waals surface area contributed by atoms with Crippen molar-refractivity contribution in [2.24, 2.45) is 0 Å². The van der Waals surface area contributed by atoms with E-state index in [4.69, 9.17) is 0 Å². The molecule has 0 heterocycles. The molecule has 0 atom stereocenters. The summed E-state index contributed by atoms with van der Waals surface area (Å²) >= 11 is -2.38. The SMILES string of the molecule is [O]=[Rh]([Cl])[Cl]. The van der Waals surface area contributed by atoms with Crippen LogP contribution in [0.25, 0.3) is 0 Å². The first-order chi connectivity index (χ1) is 1.73. The molecule has 4 heteroatoms. The van der Waals surface area contributed by atoms with Gasteiger partial charge in [0.2, 0.25) is 0 Å². The van der Waals surface area contributed by atoms with Gasteiger partial charge in [0.15, 0.2) is 0 Å². The molecule has 1 nitrogen and oxygen atoms in total. The Morgan fingerprint density at radius 3 is 1.50 bits per heavy atom. The number of halogens is 2. The molecule has 0 saturated heterocycles. The van der Waals surface area contributed by atoms with Gasteiger partial charge in [-0.05, 0) is 0 Å². The summed E-state index contributed by atoms with van der Waals surface area (Å²) in [5, 5.41) is 0. The topological polar surface area (TPSA) is 17.1 Å². The molecule has 0 saturated carbocycles. The summed E-state index contributed by atoms with van der Waals surface area (Å²) in [6.45, 7) is 0. The molecule has 0 aliphatic heterocycles. The van der Waals surface area contributed by atoms with E-state index in [0.717, 1.165) is 0 Å². The van der Waals surface area contributed by atoms with Gasteiger partial charge < -0.3 is 0 Å². The predicted molar refractivity (Wildman–Crippen MR) is 12.4 cm³/mol. The van der Waals surface area contributed by atoms with E-state index in [-0.39, 0.29) is 0 Å². The third-order valence-electron chi connectivity index (χ3n) is 0. The van der Waals surface area contributed by atoms with Gasteiger partial charge in [0.05, 0.1) is 0 Å². The van der Waals surface area contributed by atoms with Gasteiger partial charge in [-0.1, -0.05) is 0 Å². The molecule has 0 aromatic rings. The van der Waals surface area contributed by atoms with Crippen molar-refractivity contribution in [1.29, 1.82) is 0 Å². The fourth-order valence-corrected chi connectivity index (χ4v) is 0. The Kier molecular flexibility index (Phi) is 2.82. The van der Waals surface area contributed by atoms with E-state index in [1.165, 1.54) is 0 Å². The van der Waals surface area contributed by atoms with Crippen molar-refractivity contribution >= 4 is 19.4 Å². The summed E-state index contributed by atoms with van der Waals surface area (Å²) in [6.07, 6.45) is 0. The second-order valence-corrected chi connectivity index (χ2v) is 4.36. The predicted octanol–water partition coefficient (Wildman–Crippen LogP) is 1.26. The van der Waals surface area contributed by atoms with Gasteiger partial charge in [-0.2, -0.15) is 0 Å². The molecule has 0 aliphatic rings. The van der Waals surface area contributed by atoms with Crippen LogP contribution in [-0.4, -0.2) is 0 Å². The molecule has 0 rings (SSSR count). The van der Waals surface area contributed by atoms with E-state index < -0.39 is 13.9 Å². The fourth-order valence-electron chi connectivity index (χ4n) is 0. The second kappa shape index (κ2) is 2.25. The van der Waals surface area contributed by atoms with Crippen LogP contribution in [0, 0.1) is 0 Å². The van der Waals surface area contributed by atoms with E-state index in [9.17, 15) is 3.57 Å². The van der Waals surface area contributed by atoms with Crippen molar-refractivity contribution in [3.63, 3.8) is 0 Å². The maximum absolute atomic E-state index is 9.19. The Bertz CT molecular complexity index is 29.0. The van der Waals surface area contributed by atoms with E-state index in [0.29, 0.717) is 0 Å². The van der Waals surface area contributed by atoms with E-state index in [1.54, 1.807) is 0 Å². The fraction of sp³-hybridized carbons (Fsp3) is 0. The Morgan fingerprint density at radius 2 is 1.50 bits per heavy atom. The van der Waals surface area contributed by atoms with Crippen LogP contribution in [0.15, 0.2) is 0 Å². The van der Waals surface area contributed by atoms with Crippen molar-refractivity contribution in [2.75, 3.05) is 0 Å². The van der Waals surface area contributed by atoms with Crippen LogP contribution >= 0.6 is 19.4 Å². The zero-order chi connectivity index (χ0) is 3.58. The van der Waals surface area contributed by atoms with E-state index in [2.05, 4.69) is 19.4 Å². The van der Waals surface area contributed by atoms with Crippen molar-refractivity contribution in [3.05, 3.63) is 0 Å². The molecule has 0 aromatic heterocycles. The van der Waals surface area contributed by atoms with Gasteiger partial charge in [0, 0.05) is 0 Å². The monoisotopic (exact) mass is 189 g/mol. The first-order valence-corrected chi connectivity index (χ1v) is 5.28. The van der Waals surface area contributed by atoms with Gasteiger partial charge in [-0.3, -0.25) is 0 Å². The Labute approximate surface area is 37.1 Å². The van der Waals surface area contributed by atoms with Gasteiger partial charge in [0.25, 0.3) is 0 Å². The first-order valence-electron chi connectivity index (χ1n) is 0.388. The molecule has 0 bridgehead atoms. The summed E-state index contributed by atoms with van der Waals surface area (Å²) in [5.41, 5.74) is 0. The van der Waals surface area contributed by atoms with Crippen LogP contribution < -0.4 is 0 Å².